The number of Topliss-reactive ketones (excluding diaryl/α,β-unsaturated/α-hetero) is 2. The summed E-state index contributed by atoms with van der Waals surface area (Å²) in [6.45, 7) is 4.83. The van der Waals surface area contributed by atoms with Crippen molar-refractivity contribution in [3.8, 4) is 0 Å². The van der Waals surface area contributed by atoms with Crippen molar-refractivity contribution in [2.24, 2.45) is 9.98 Å². The highest BCUT2D eigenvalue weighted by molar-refractivity contribution is 6.02. The molecule has 28 heavy (non-hydrogen) atoms. The van der Waals surface area contributed by atoms with Crippen LogP contribution in [0.1, 0.15) is 37.8 Å². The van der Waals surface area contributed by atoms with Crippen molar-refractivity contribution in [3.63, 3.8) is 0 Å². The summed E-state index contributed by atoms with van der Waals surface area (Å²) < 4.78 is 0. The van der Waals surface area contributed by atoms with E-state index in [2.05, 4.69) is 9.98 Å². The number of rotatable bonds is 11. The van der Waals surface area contributed by atoms with E-state index in [9.17, 15) is 9.59 Å². The molecule has 146 valence electrons. The van der Waals surface area contributed by atoms with E-state index in [-0.39, 0.29) is 11.6 Å². The van der Waals surface area contributed by atoms with E-state index in [0.29, 0.717) is 38.8 Å². The van der Waals surface area contributed by atoms with Gasteiger partial charge in [0.05, 0.1) is 13.1 Å². The minimum Gasteiger partial charge on any atom is -0.299 e. The Morgan fingerprint density at radius 3 is 1.36 bits per heavy atom. The predicted molar refractivity (Wildman–Crippen MR) is 115 cm³/mol. The van der Waals surface area contributed by atoms with Gasteiger partial charge in [0.15, 0.2) is 0 Å². The molecule has 0 heterocycles. The van der Waals surface area contributed by atoms with Crippen LogP contribution in [-0.4, -0.2) is 36.1 Å². The van der Waals surface area contributed by atoms with Crippen LogP contribution in [0.4, 0.5) is 0 Å². The first-order valence-electron chi connectivity index (χ1n) is 9.64. The van der Waals surface area contributed by atoms with Gasteiger partial charge in [0.1, 0.15) is 11.6 Å². The van der Waals surface area contributed by atoms with Gasteiger partial charge in [-0.1, -0.05) is 60.7 Å². The first-order chi connectivity index (χ1) is 13.5. The molecule has 0 unspecified atom stereocenters. The molecule has 0 N–H and O–H groups in total. The van der Waals surface area contributed by atoms with Crippen LogP contribution in [0, 0.1) is 0 Å². The van der Waals surface area contributed by atoms with Crippen LogP contribution in [0.5, 0.6) is 0 Å². The molecule has 0 amide bonds. The first kappa shape index (κ1) is 21.4. The van der Waals surface area contributed by atoms with Gasteiger partial charge < -0.3 is 0 Å². The molecule has 0 bridgehead atoms. The second kappa shape index (κ2) is 11.8. The smallest absolute Gasteiger partial charge is 0.142 e. The lowest BCUT2D eigenvalue weighted by Gasteiger charge is -2.03. The van der Waals surface area contributed by atoms with Gasteiger partial charge >= 0.3 is 0 Å². The number of carbonyl (C=O) groups excluding carboxylic acids is 2. The summed E-state index contributed by atoms with van der Waals surface area (Å²) in [4.78, 5) is 33.0. The second-order valence-corrected chi connectivity index (χ2v) is 6.99. The van der Waals surface area contributed by atoms with Gasteiger partial charge in [0.25, 0.3) is 0 Å². The Balaban J connectivity index is 1.69. The Bertz CT molecular complexity index is 753. The van der Waals surface area contributed by atoms with Crippen molar-refractivity contribution in [2.45, 2.75) is 39.5 Å². The number of benzene rings is 2. The van der Waals surface area contributed by atoms with Gasteiger partial charge in [0, 0.05) is 37.1 Å². The number of hydrogen-bond donors (Lipinski definition) is 0. The summed E-state index contributed by atoms with van der Waals surface area (Å²) in [7, 11) is 0. The quantitative estimate of drug-likeness (QED) is 0.433. The zero-order chi connectivity index (χ0) is 20.2. The molecule has 0 fully saturated rings. The van der Waals surface area contributed by atoms with Gasteiger partial charge in [-0.05, 0) is 25.0 Å². The fourth-order valence-corrected chi connectivity index (χ4v) is 2.94. The van der Waals surface area contributed by atoms with Crippen LogP contribution in [0.3, 0.4) is 0 Å². The third kappa shape index (κ3) is 8.67. The Morgan fingerprint density at radius 1 is 0.643 bits per heavy atom. The molecule has 2 rings (SSSR count). The lowest BCUT2D eigenvalue weighted by Crippen LogP contribution is -2.10. The van der Waals surface area contributed by atoms with Crippen molar-refractivity contribution in [2.75, 3.05) is 13.1 Å². The van der Waals surface area contributed by atoms with Crippen molar-refractivity contribution >= 4 is 23.0 Å². The largest absolute Gasteiger partial charge is 0.299 e. The van der Waals surface area contributed by atoms with Crippen LogP contribution in [0.25, 0.3) is 0 Å². The van der Waals surface area contributed by atoms with Gasteiger partial charge in [0.2, 0.25) is 0 Å². The van der Waals surface area contributed by atoms with Crippen LogP contribution in [0.2, 0.25) is 0 Å². The summed E-state index contributed by atoms with van der Waals surface area (Å²) in [5.74, 6) is 0.331. The Kier molecular flexibility index (Phi) is 8.99. The Hall–Kier alpha value is -2.88. The highest BCUT2D eigenvalue weighted by atomic mass is 16.1. The van der Waals surface area contributed by atoms with Crippen LogP contribution in [-0.2, 0) is 22.4 Å². The van der Waals surface area contributed by atoms with Gasteiger partial charge in [-0.2, -0.15) is 0 Å². The summed E-state index contributed by atoms with van der Waals surface area (Å²) >= 11 is 0. The average Bonchev–Trinajstić information content (AvgIpc) is 2.66. The third-order valence-corrected chi connectivity index (χ3v) is 4.26. The van der Waals surface area contributed by atoms with Crippen LogP contribution in [0.15, 0.2) is 70.6 Å². The SMILES string of the molecule is CC(CC(=O)Cc1ccccc1)=NCCN=C(C)CC(=O)Cc1ccccc1. The maximum absolute atomic E-state index is 12.1. The normalized spacial score (nSPS) is 12.1. The maximum Gasteiger partial charge on any atom is 0.142 e. The highest BCUT2D eigenvalue weighted by Crippen LogP contribution is 2.04. The molecule has 0 aliphatic rings. The Labute approximate surface area is 167 Å². The molecule has 0 aromatic heterocycles. The summed E-state index contributed by atoms with van der Waals surface area (Å²) in [6, 6.07) is 19.5. The number of ketones is 2. The zero-order valence-corrected chi connectivity index (χ0v) is 16.7. The van der Waals surface area contributed by atoms with Crippen LogP contribution < -0.4 is 0 Å². The third-order valence-electron chi connectivity index (χ3n) is 4.26. The van der Waals surface area contributed by atoms with Gasteiger partial charge in [-0.3, -0.25) is 19.6 Å². The highest BCUT2D eigenvalue weighted by Gasteiger charge is 2.06. The topological polar surface area (TPSA) is 58.9 Å². The summed E-state index contributed by atoms with van der Waals surface area (Å²) in [5, 5.41) is 0. The molecule has 0 saturated heterocycles. The number of carbonyl (C=O) groups is 2. The van der Waals surface area contributed by atoms with E-state index in [1.165, 1.54) is 0 Å². The van der Waals surface area contributed by atoms with E-state index in [1.807, 2.05) is 74.5 Å². The standard InChI is InChI=1S/C24H28N2O2/c1-19(15-23(27)17-21-9-5-3-6-10-21)25-13-14-26-20(2)16-24(28)18-22-11-7-4-8-12-22/h3-12H,13-18H2,1-2H3. The van der Waals surface area contributed by atoms with Crippen molar-refractivity contribution in [3.05, 3.63) is 71.8 Å². The lowest BCUT2D eigenvalue weighted by atomic mass is 10.1. The zero-order valence-electron chi connectivity index (χ0n) is 16.7. The molecule has 0 atom stereocenters. The van der Waals surface area contributed by atoms with Crippen LogP contribution >= 0.6 is 0 Å². The average molecular weight is 377 g/mol. The molecule has 0 spiro atoms. The molecule has 4 heteroatoms. The minimum absolute atomic E-state index is 0.165. The lowest BCUT2D eigenvalue weighted by molar-refractivity contribution is -0.118. The second-order valence-electron chi connectivity index (χ2n) is 6.99. The number of hydrogen-bond acceptors (Lipinski definition) is 4. The van der Waals surface area contributed by atoms with Gasteiger partial charge in [-0.25, -0.2) is 0 Å². The van der Waals surface area contributed by atoms with E-state index >= 15 is 0 Å². The molecule has 2 aromatic rings. The van der Waals surface area contributed by atoms with Crippen molar-refractivity contribution in [1.29, 1.82) is 0 Å². The molecule has 2 aromatic carbocycles. The fourth-order valence-electron chi connectivity index (χ4n) is 2.94. The molecule has 0 aliphatic carbocycles. The monoisotopic (exact) mass is 376 g/mol. The minimum atomic E-state index is 0.165. The predicted octanol–water partition coefficient (Wildman–Crippen LogP) is 4.31. The molecular formula is C24H28N2O2. The van der Waals surface area contributed by atoms with Crippen molar-refractivity contribution in [1.82, 2.24) is 0 Å². The molecule has 0 radical (unpaired) electrons. The Morgan fingerprint density at radius 2 is 1.00 bits per heavy atom. The van der Waals surface area contributed by atoms with Crippen molar-refractivity contribution < 1.29 is 9.59 Å². The number of nitrogens with zero attached hydrogens (tertiary/aromatic N) is 2. The summed E-state index contributed by atoms with van der Waals surface area (Å²) in [6.07, 6.45) is 1.61. The van der Waals surface area contributed by atoms with E-state index in [1.54, 1.807) is 0 Å². The fraction of sp³-hybridized carbons (Fsp3) is 0.333. The molecule has 4 nitrogen and oxygen atoms in total. The van der Waals surface area contributed by atoms with Gasteiger partial charge in [-0.15, -0.1) is 0 Å². The molecule has 0 saturated carbocycles. The van der Waals surface area contributed by atoms with E-state index < -0.39 is 0 Å². The molecule has 0 aliphatic heterocycles. The summed E-state index contributed by atoms with van der Waals surface area (Å²) in [5.41, 5.74) is 3.71. The molecular weight excluding hydrogens is 348 g/mol. The number of aliphatic imine (C=N–C) groups is 2. The maximum atomic E-state index is 12.1. The van der Waals surface area contributed by atoms with E-state index in [4.69, 9.17) is 0 Å². The first-order valence-corrected chi connectivity index (χ1v) is 9.64. The van der Waals surface area contributed by atoms with E-state index in [0.717, 1.165) is 22.6 Å².